The zero-order chi connectivity index (χ0) is 20.5. The van der Waals surface area contributed by atoms with Gasteiger partial charge in [-0.2, -0.15) is 5.26 Å². The summed E-state index contributed by atoms with van der Waals surface area (Å²) in [6.45, 7) is -0.339. The van der Waals surface area contributed by atoms with Crippen LogP contribution in [-0.4, -0.2) is 32.6 Å². The summed E-state index contributed by atoms with van der Waals surface area (Å²) in [4.78, 5) is 25.7. The number of hydrogen-bond donors (Lipinski definition) is 1. The van der Waals surface area contributed by atoms with E-state index in [4.69, 9.17) is 4.74 Å². The number of amides is 1. The van der Waals surface area contributed by atoms with E-state index in [9.17, 15) is 19.2 Å². The molecule has 0 spiro atoms. The number of ether oxygens (including phenoxy) is 1. The van der Waals surface area contributed by atoms with Gasteiger partial charge in [-0.15, -0.1) is 0 Å². The van der Waals surface area contributed by atoms with E-state index in [2.05, 4.69) is 5.32 Å². The third kappa shape index (κ3) is 6.25. The van der Waals surface area contributed by atoms with Crippen LogP contribution in [-0.2, 0) is 20.9 Å². The Balaban J connectivity index is 1.88. The maximum atomic E-state index is 12.8. The van der Waals surface area contributed by atoms with Crippen molar-refractivity contribution in [3.05, 3.63) is 71.0 Å². The van der Waals surface area contributed by atoms with Crippen molar-refractivity contribution in [2.75, 3.05) is 25.6 Å². The highest BCUT2D eigenvalue weighted by atomic mass is 19.1. The van der Waals surface area contributed by atoms with Gasteiger partial charge in [0.25, 0.3) is 5.91 Å². The zero-order valence-electron chi connectivity index (χ0n) is 15.6. The van der Waals surface area contributed by atoms with E-state index < -0.39 is 18.5 Å². The molecule has 0 aliphatic carbocycles. The Labute approximate surface area is 162 Å². The summed E-state index contributed by atoms with van der Waals surface area (Å²) in [5.41, 5.74) is 2.15. The lowest BCUT2D eigenvalue weighted by Gasteiger charge is -2.11. The maximum absolute atomic E-state index is 12.8. The Morgan fingerprint density at radius 2 is 1.79 bits per heavy atom. The summed E-state index contributed by atoms with van der Waals surface area (Å²) in [5, 5.41) is 11.7. The second-order valence-electron chi connectivity index (χ2n) is 6.14. The van der Waals surface area contributed by atoms with Crippen molar-refractivity contribution < 1.29 is 18.7 Å². The molecule has 0 fully saturated rings. The van der Waals surface area contributed by atoms with Crippen molar-refractivity contribution >= 4 is 23.6 Å². The van der Waals surface area contributed by atoms with Crippen molar-refractivity contribution in [1.82, 2.24) is 5.32 Å². The van der Waals surface area contributed by atoms with E-state index in [0.29, 0.717) is 11.1 Å². The Morgan fingerprint density at radius 3 is 2.36 bits per heavy atom. The summed E-state index contributed by atoms with van der Waals surface area (Å²) in [5.74, 6) is -1.77. The Hall–Kier alpha value is -3.66. The number of esters is 1. The molecule has 2 aromatic carbocycles. The summed E-state index contributed by atoms with van der Waals surface area (Å²) in [6.07, 6.45) is 1.40. The first-order valence-corrected chi connectivity index (χ1v) is 8.46. The van der Waals surface area contributed by atoms with Crippen LogP contribution in [0.25, 0.3) is 6.08 Å². The second kappa shape index (κ2) is 9.88. The van der Waals surface area contributed by atoms with Crippen molar-refractivity contribution in [3.63, 3.8) is 0 Å². The molecule has 0 unspecified atom stereocenters. The minimum Gasteiger partial charge on any atom is -0.451 e. The predicted octanol–water partition coefficient (Wildman–Crippen LogP) is 2.66. The molecule has 1 amide bonds. The largest absolute Gasteiger partial charge is 0.451 e. The van der Waals surface area contributed by atoms with E-state index in [-0.39, 0.29) is 17.9 Å². The van der Waals surface area contributed by atoms with Gasteiger partial charge < -0.3 is 15.0 Å². The highest BCUT2D eigenvalue weighted by Gasteiger charge is 2.13. The average molecular weight is 381 g/mol. The van der Waals surface area contributed by atoms with E-state index in [1.165, 1.54) is 18.2 Å². The van der Waals surface area contributed by atoms with Crippen LogP contribution in [0.15, 0.2) is 54.1 Å². The van der Waals surface area contributed by atoms with Gasteiger partial charge in [-0.05, 0) is 41.5 Å². The molecule has 0 radical (unpaired) electrons. The highest BCUT2D eigenvalue weighted by Crippen LogP contribution is 2.15. The molecular formula is C21H20FN3O3. The topological polar surface area (TPSA) is 82.4 Å². The monoisotopic (exact) mass is 381 g/mol. The van der Waals surface area contributed by atoms with Gasteiger partial charge in [-0.3, -0.25) is 4.79 Å². The van der Waals surface area contributed by atoms with Crippen molar-refractivity contribution in [3.8, 4) is 6.07 Å². The summed E-state index contributed by atoms with van der Waals surface area (Å²) in [7, 11) is 3.81. The smallest absolute Gasteiger partial charge is 0.349 e. The van der Waals surface area contributed by atoms with Gasteiger partial charge in [-0.1, -0.05) is 24.3 Å². The number of carbonyl (C=O) groups excluding carboxylic acids is 2. The summed E-state index contributed by atoms with van der Waals surface area (Å²) < 4.78 is 17.7. The Morgan fingerprint density at radius 1 is 1.14 bits per heavy atom. The molecule has 2 rings (SSSR count). The number of rotatable bonds is 7. The van der Waals surface area contributed by atoms with Crippen LogP contribution < -0.4 is 10.2 Å². The molecule has 0 saturated heterocycles. The molecule has 0 bridgehead atoms. The third-order valence-corrected chi connectivity index (χ3v) is 3.80. The van der Waals surface area contributed by atoms with Crippen LogP contribution in [0.2, 0.25) is 0 Å². The number of nitrogens with zero attached hydrogens (tertiary/aromatic N) is 2. The molecule has 0 heterocycles. The van der Waals surface area contributed by atoms with Gasteiger partial charge in [-0.25, -0.2) is 9.18 Å². The lowest BCUT2D eigenvalue weighted by Crippen LogP contribution is -2.28. The van der Waals surface area contributed by atoms with E-state index in [1.54, 1.807) is 30.3 Å². The minimum absolute atomic E-state index is 0.176. The molecule has 28 heavy (non-hydrogen) atoms. The van der Waals surface area contributed by atoms with Crippen LogP contribution in [0.5, 0.6) is 0 Å². The summed E-state index contributed by atoms with van der Waals surface area (Å²) in [6, 6.07) is 14.7. The number of benzene rings is 2. The molecule has 0 saturated carbocycles. The van der Waals surface area contributed by atoms with Crippen LogP contribution in [0, 0.1) is 17.1 Å². The number of nitrogens with one attached hydrogen (secondary N) is 1. The number of hydrogen-bond acceptors (Lipinski definition) is 5. The van der Waals surface area contributed by atoms with Crippen LogP contribution in [0.4, 0.5) is 10.1 Å². The quantitative estimate of drug-likeness (QED) is 0.453. The molecule has 0 atom stereocenters. The van der Waals surface area contributed by atoms with E-state index in [0.717, 1.165) is 5.69 Å². The predicted molar refractivity (Wildman–Crippen MR) is 104 cm³/mol. The standard InChI is InChI=1S/C21H20FN3O3/c1-25(2)19-9-5-15(6-10-19)11-17(12-23)21(27)28-14-20(26)24-13-16-3-7-18(22)8-4-16/h3-11H,13-14H2,1-2H3,(H,24,26)/b17-11-. The van der Waals surface area contributed by atoms with E-state index in [1.807, 2.05) is 31.1 Å². The number of nitriles is 1. The van der Waals surface area contributed by atoms with Gasteiger partial charge in [0.2, 0.25) is 0 Å². The van der Waals surface area contributed by atoms with Gasteiger partial charge in [0.05, 0.1) is 0 Å². The Bertz CT molecular complexity index is 898. The molecule has 6 nitrogen and oxygen atoms in total. The van der Waals surface area contributed by atoms with Gasteiger partial charge in [0.1, 0.15) is 17.5 Å². The van der Waals surface area contributed by atoms with Gasteiger partial charge in [0, 0.05) is 26.3 Å². The lowest BCUT2D eigenvalue weighted by atomic mass is 10.1. The molecule has 2 aromatic rings. The van der Waals surface area contributed by atoms with Crippen LogP contribution >= 0.6 is 0 Å². The average Bonchev–Trinajstić information content (AvgIpc) is 2.70. The lowest BCUT2D eigenvalue weighted by molar-refractivity contribution is -0.144. The molecule has 0 aliphatic rings. The second-order valence-corrected chi connectivity index (χ2v) is 6.14. The SMILES string of the molecule is CN(C)c1ccc(/C=C(/C#N)C(=O)OCC(=O)NCc2ccc(F)cc2)cc1. The molecule has 144 valence electrons. The van der Waals surface area contributed by atoms with Crippen LogP contribution in [0.1, 0.15) is 11.1 Å². The molecule has 0 aromatic heterocycles. The normalized spacial score (nSPS) is 10.7. The molecule has 0 aliphatic heterocycles. The van der Waals surface area contributed by atoms with Crippen molar-refractivity contribution in [2.24, 2.45) is 0 Å². The fourth-order valence-electron chi connectivity index (χ4n) is 2.23. The first-order valence-electron chi connectivity index (χ1n) is 8.46. The fourth-order valence-corrected chi connectivity index (χ4v) is 2.23. The van der Waals surface area contributed by atoms with Crippen molar-refractivity contribution in [1.29, 1.82) is 5.26 Å². The van der Waals surface area contributed by atoms with Crippen molar-refractivity contribution in [2.45, 2.75) is 6.54 Å². The number of carbonyl (C=O) groups is 2. The first-order chi connectivity index (χ1) is 13.4. The third-order valence-electron chi connectivity index (χ3n) is 3.80. The van der Waals surface area contributed by atoms with Gasteiger partial charge >= 0.3 is 5.97 Å². The molecule has 7 heteroatoms. The molecule has 1 N–H and O–H groups in total. The highest BCUT2D eigenvalue weighted by molar-refractivity contribution is 5.98. The molecular weight excluding hydrogens is 361 g/mol. The number of halogens is 1. The zero-order valence-corrected chi connectivity index (χ0v) is 15.6. The van der Waals surface area contributed by atoms with Crippen LogP contribution in [0.3, 0.4) is 0 Å². The number of anilines is 1. The fraction of sp³-hybridized carbons (Fsp3) is 0.190. The Kier molecular flexibility index (Phi) is 7.28. The minimum atomic E-state index is -0.879. The van der Waals surface area contributed by atoms with E-state index >= 15 is 0 Å². The summed E-state index contributed by atoms with van der Waals surface area (Å²) >= 11 is 0. The van der Waals surface area contributed by atoms with Gasteiger partial charge in [0.15, 0.2) is 6.61 Å². The maximum Gasteiger partial charge on any atom is 0.349 e. The first kappa shape index (κ1) is 20.6.